The predicted octanol–water partition coefficient (Wildman–Crippen LogP) is 1.95. The Morgan fingerprint density at radius 3 is 2.29 bits per heavy atom. The van der Waals surface area contributed by atoms with Gasteiger partial charge >= 0.3 is 12.0 Å². The number of aromatic nitrogens is 2. The molecule has 0 aliphatic heterocycles. The highest BCUT2D eigenvalue weighted by atomic mass is 16.5. The standard InChI is InChI=1S/C29H24N6O7/c1-15-8-11-18(12-9-15)31-27(39)25(37)21(23(28(40)42-2)34-35-29(30)41)22-26(38)33-20-14-17(10-13-19(20)32-22)24(36)16-6-4-3-5-7-16/h3-14,21H,1-2H3,(H,31,39)(H,33,38)(H3,30,35,41)/b34-23-/t21-/m1/s1. The summed E-state index contributed by atoms with van der Waals surface area (Å²) >= 11 is 0. The second-order valence-corrected chi connectivity index (χ2v) is 8.96. The number of aryl methyl sites for hydroxylation is 1. The number of hydrogen-bond donors (Lipinski definition) is 4. The molecule has 0 spiro atoms. The Balaban J connectivity index is 1.81. The van der Waals surface area contributed by atoms with Crippen LogP contribution in [-0.2, 0) is 19.1 Å². The molecule has 13 nitrogen and oxygen atoms in total. The smallest absolute Gasteiger partial charge is 0.355 e. The minimum absolute atomic E-state index is 0.123. The first-order valence-corrected chi connectivity index (χ1v) is 12.4. The molecular weight excluding hydrogens is 544 g/mol. The van der Waals surface area contributed by atoms with E-state index in [0.717, 1.165) is 12.7 Å². The van der Waals surface area contributed by atoms with Gasteiger partial charge in [0.1, 0.15) is 11.6 Å². The molecule has 3 aromatic carbocycles. The number of rotatable bonds is 9. The van der Waals surface area contributed by atoms with Crippen LogP contribution in [0.1, 0.15) is 33.1 Å². The van der Waals surface area contributed by atoms with Gasteiger partial charge < -0.3 is 20.8 Å². The number of carbonyl (C=O) groups excluding carboxylic acids is 5. The van der Waals surface area contributed by atoms with Crippen molar-refractivity contribution in [3.05, 3.63) is 106 Å². The third-order valence-corrected chi connectivity index (χ3v) is 6.04. The number of fused-ring (bicyclic) bond motifs is 1. The summed E-state index contributed by atoms with van der Waals surface area (Å²) in [6, 6.07) is 18.1. The van der Waals surface area contributed by atoms with Crippen LogP contribution >= 0.6 is 0 Å². The third kappa shape index (κ3) is 6.42. The van der Waals surface area contributed by atoms with E-state index in [-0.39, 0.29) is 28.1 Å². The minimum atomic E-state index is -2.02. The van der Waals surface area contributed by atoms with Gasteiger partial charge in [0.15, 0.2) is 11.5 Å². The van der Waals surface area contributed by atoms with E-state index in [9.17, 15) is 28.8 Å². The summed E-state index contributed by atoms with van der Waals surface area (Å²) in [5.41, 5.74) is 6.62. The number of nitrogens with zero attached hydrogens (tertiary/aromatic N) is 2. The average molecular weight is 569 g/mol. The SMILES string of the molecule is COC(=O)/C(=N\NC(N)=O)[C@H](C(=O)C(=O)Nc1ccc(C)cc1)c1nc2ccc(C(=O)c3ccccc3)cc2[nH]c1=O. The van der Waals surface area contributed by atoms with E-state index in [1.165, 1.54) is 18.2 Å². The molecule has 1 heterocycles. The molecule has 1 aromatic heterocycles. The molecule has 4 rings (SSSR count). The number of hydrazone groups is 1. The second-order valence-electron chi connectivity index (χ2n) is 8.96. The number of esters is 1. The average Bonchev–Trinajstić information content (AvgIpc) is 2.99. The zero-order valence-corrected chi connectivity index (χ0v) is 22.3. The number of carbonyl (C=O) groups is 5. The topological polar surface area (TPSA) is 203 Å². The van der Waals surface area contributed by atoms with E-state index < -0.39 is 46.6 Å². The summed E-state index contributed by atoms with van der Waals surface area (Å²) in [4.78, 5) is 83.6. The van der Waals surface area contributed by atoms with Crippen LogP contribution in [-0.4, -0.2) is 52.3 Å². The van der Waals surface area contributed by atoms with E-state index in [0.29, 0.717) is 5.56 Å². The van der Waals surface area contributed by atoms with Gasteiger partial charge in [-0.25, -0.2) is 20.0 Å². The van der Waals surface area contributed by atoms with Gasteiger partial charge in [0.2, 0.25) is 5.78 Å². The number of Topliss-reactive ketones (excluding diaryl/α,β-unsaturated/α-hetero) is 1. The summed E-state index contributed by atoms with van der Waals surface area (Å²) in [5, 5.41) is 5.97. The Labute approximate surface area is 237 Å². The molecule has 212 valence electrons. The zero-order valence-electron chi connectivity index (χ0n) is 22.3. The van der Waals surface area contributed by atoms with Crippen LogP contribution in [0, 0.1) is 6.92 Å². The number of H-pyrrole nitrogens is 1. The Morgan fingerprint density at radius 1 is 0.952 bits per heavy atom. The number of ether oxygens (including phenoxy) is 1. The first-order valence-electron chi connectivity index (χ1n) is 12.4. The summed E-state index contributed by atoms with van der Waals surface area (Å²) in [6.07, 6.45) is 0. The molecule has 0 aliphatic carbocycles. The van der Waals surface area contributed by atoms with Crippen molar-refractivity contribution in [2.24, 2.45) is 10.8 Å². The largest absolute Gasteiger partial charge is 0.464 e. The maximum Gasteiger partial charge on any atom is 0.355 e. The van der Waals surface area contributed by atoms with Crippen molar-refractivity contribution in [2.45, 2.75) is 12.8 Å². The molecule has 42 heavy (non-hydrogen) atoms. The van der Waals surface area contributed by atoms with Crippen LogP contribution in [0.4, 0.5) is 10.5 Å². The van der Waals surface area contributed by atoms with Crippen LogP contribution < -0.4 is 22.0 Å². The fourth-order valence-corrected chi connectivity index (χ4v) is 3.98. The molecule has 0 radical (unpaired) electrons. The van der Waals surface area contributed by atoms with Crippen LogP contribution in [0.3, 0.4) is 0 Å². The number of anilines is 1. The second kappa shape index (κ2) is 12.5. The summed E-state index contributed by atoms with van der Waals surface area (Å²) < 4.78 is 4.70. The lowest BCUT2D eigenvalue weighted by Crippen LogP contribution is -2.41. The number of urea groups is 1. The molecule has 0 unspecified atom stereocenters. The number of methoxy groups -OCH3 is 1. The Hall–Kier alpha value is -5.98. The highest BCUT2D eigenvalue weighted by Gasteiger charge is 2.39. The third-order valence-electron chi connectivity index (χ3n) is 6.04. The van der Waals surface area contributed by atoms with Crippen LogP contribution in [0.25, 0.3) is 11.0 Å². The van der Waals surface area contributed by atoms with Crippen LogP contribution in [0.2, 0.25) is 0 Å². The van der Waals surface area contributed by atoms with Gasteiger partial charge in [-0.3, -0.25) is 19.2 Å². The quantitative estimate of drug-likeness (QED) is 0.0770. The van der Waals surface area contributed by atoms with Gasteiger partial charge in [0, 0.05) is 16.8 Å². The van der Waals surface area contributed by atoms with Gasteiger partial charge in [-0.05, 0) is 37.3 Å². The molecule has 0 fully saturated rings. The molecule has 0 aliphatic rings. The van der Waals surface area contributed by atoms with E-state index in [2.05, 4.69) is 20.4 Å². The van der Waals surface area contributed by atoms with Gasteiger partial charge in [-0.15, -0.1) is 0 Å². The Bertz CT molecular complexity index is 1800. The number of benzene rings is 3. The molecule has 3 amide bonds. The highest BCUT2D eigenvalue weighted by molar-refractivity contribution is 6.53. The van der Waals surface area contributed by atoms with E-state index in [4.69, 9.17) is 10.5 Å². The summed E-state index contributed by atoms with van der Waals surface area (Å²) in [7, 11) is 0.972. The van der Waals surface area contributed by atoms with Crippen molar-refractivity contribution in [2.75, 3.05) is 12.4 Å². The number of ketones is 2. The minimum Gasteiger partial charge on any atom is -0.464 e. The maximum atomic E-state index is 13.5. The van der Waals surface area contributed by atoms with Gasteiger partial charge in [-0.2, -0.15) is 5.10 Å². The molecule has 13 heteroatoms. The van der Waals surface area contributed by atoms with Crippen molar-refractivity contribution in [3.63, 3.8) is 0 Å². The first kappa shape index (κ1) is 29.0. The lowest BCUT2D eigenvalue weighted by Gasteiger charge is -2.16. The number of aromatic amines is 1. The summed E-state index contributed by atoms with van der Waals surface area (Å²) in [6.45, 7) is 1.83. The van der Waals surface area contributed by atoms with Gasteiger partial charge in [-0.1, -0.05) is 48.0 Å². The van der Waals surface area contributed by atoms with Gasteiger partial charge in [0.25, 0.3) is 11.5 Å². The van der Waals surface area contributed by atoms with Crippen LogP contribution in [0.5, 0.6) is 0 Å². The molecule has 1 atom stereocenters. The maximum absolute atomic E-state index is 13.5. The van der Waals surface area contributed by atoms with Crippen molar-refractivity contribution in [1.82, 2.24) is 15.4 Å². The van der Waals surface area contributed by atoms with Crippen LogP contribution in [0.15, 0.2) is 82.7 Å². The highest BCUT2D eigenvalue weighted by Crippen LogP contribution is 2.21. The number of nitrogens with two attached hydrogens (primary N) is 1. The number of primary amides is 1. The van der Waals surface area contributed by atoms with E-state index >= 15 is 0 Å². The van der Waals surface area contributed by atoms with E-state index in [1.54, 1.807) is 54.6 Å². The number of nitrogens with one attached hydrogen (secondary N) is 3. The molecule has 0 bridgehead atoms. The lowest BCUT2D eigenvalue weighted by atomic mass is 9.93. The van der Waals surface area contributed by atoms with Crippen molar-refractivity contribution in [1.29, 1.82) is 0 Å². The Morgan fingerprint density at radius 2 is 1.64 bits per heavy atom. The Kier molecular flexibility index (Phi) is 8.61. The van der Waals surface area contributed by atoms with E-state index in [1.807, 2.05) is 12.3 Å². The predicted molar refractivity (Wildman–Crippen MR) is 152 cm³/mol. The lowest BCUT2D eigenvalue weighted by molar-refractivity contribution is -0.136. The van der Waals surface area contributed by atoms with Crippen molar-refractivity contribution in [3.8, 4) is 0 Å². The molecule has 4 aromatic rings. The zero-order chi connectivity index (χ0) is 30.4. The first-order chi connectivity index (χ1) is 20.1. The normalized spacial score (nSPS) is 11.8. The monoisotopic (exact) mass is 568 g/mol. The summed E-state index contributed by atoms with van der Waals surface area (Å²) in [5.74, 6) is -6.08. The fraction of sp³-hybridized carbons (Fsp3) is 0.103. The number of hydrogen-bond acceptors (Lipinski definition) is 9. The molecule has 0 saturated carbocycles. The molecular formula is C29H24N6O7. The fourth-order valence-electron chi connectivity index (χ4n) is 3.98. The number of amides is 3. The van der Waals surface area contributed by atoms with Gasteiger partial charge in [0.05, 0.1) is 18.1 Å². The molecule has 0 saturated heterocycles. The molecule has 5 N–H and O–H groups in total. The van der Waals surface area contributed by atoms with Crippen molar-refractivity contribution >= 4 is 51.9 Å². The van der Waals surface area contributed by atoms with Crippen molar-refractivity contribution < 1.29 is 28.7 Å².